The summed E-state index contributed by atoms with van der Waals surface area (Å²) in [7, 11) is 0. The second-order valence-corrected chi connectivity index (χ2v) is 5.17. The SMILES string of the molecule is BrCc1cccc(OCc2ccc(Br)cc2)c1. The van der Waals surface area contributed by atoms with Crippen molar-refractivity contribution in [2.75, 3.05) is 0 Å². The van der Waals surface area contributed by atoms with Crippen molar-refractivity contribution in [3.63, 3.8) is 0 Å². The molecule has 0 aliphatic rings. The first kappa shape index (κ1) is 12.7. The summed E-state index contributed by atoms with van der Waals surface area (Å²) in [5.41, 5.74) is 2.38. The molecule has 0 bridgehead atoms. The van der Waals surface area contributed by atoms with Crippen molar-refractivity contribution in [2.24, 2.45) is 0 Å². The lowest BCUT2D eigenvalue weighted by Gasteiger charge is -2.07. The van der Waals surface area contributed by atoms with Crippen LogP contribution in [0.3, 0.4) is 0 Å². The molecule has 0 saturated carbocycles. The Kier molecular flexibility index (Phi) is 4.63. The number of ether oxygens (including phenoxy) is 1. The van der Waals surface area contributed by atoms with Crippen LogP contribution in [-0.2, 0) is 11.9 Å². The maximum Gasteiger partial charge on any atom is 0.120 e. The highest BCUT2D eigenvalue weighted by Gasteiger charge is 1.97. The number of halogens is 2. The fraction of sp³-hybridized carbons (Fsp3) is 0.143. The van der Waals surface area contributed by atoms with Crippen molar-refractivity contribution < 1.29 is 4.74 Å². The highest BCUT2D eigenvalue weighted by Crippen LogP contribution is 2.17. The van der Waals surface area contributed by atoms with Crippen LogP contribution in [0.4, 0.5) is 0 Å². The Morgan fingerprint density at radius 2 is 1.71 bits per heavy atom. The Labute approximate surface area is 118 Å². The van der Waals surface area contributed by atoms with Gasteiger partial charge in [-0.25, -0.2) is 0 Å². The molecule has 0 N–H and O–H groups in total. The molecule has 1 nitrogen and oxygen atoms in total. The van der Waals surface area contributed by atoms with Crippen LogP contribution in [0.5, 0.6) is 5.75 Å². The fourth-order valence-electron chi connectivity index (χ4n) is 1.47. The molecule has 0 heterocycles. The number of rotatable bonds is 4. The molecular formula is C14H12Br2O. The third-order valence-electron chi connectivity index (χ3n) is 2.37. The molecule has 3 heteroatoms. The number of hydrogen-bond donors (Lipinski definition) is 0. The lowest BCUT2D eigenvalue weighted by atomic mass is 10.2. The summed E-state index contributed by atoms with van der Waals surface area (Å²) in [6.07, 6.45) is 0. The minimum atomic E-state index is 0.596. The van der Waals surface area contributed by atoms with Gasteiger partial charge in [0.25, 0.3) is 0 Å². The molecule has 0 amide bonds. The van der Waals surface area contributed by atoms with Gasteiger partial charge in [-0.05, 0) is 35.4 Å². The number of hydrogen-bond acceptors (Lipinski definition) is 1. The molecule has 0 atom stereocenters. The molecule has 2 aromatic rings. The maximum absolute atomic E-state index is 5.74. The molecule has 0 aromatic heterocycles. The molecule has 2 rings (SSSR count). The Morgan fingerprint density at radius 1 is 0.941 bits per heavy atom. The fourth-order valence-corrected chi connectivity index (χ4v) is 2.08. The summed E-state index contributed by atoms with van der Waals surface area (Å²) in [4.78, 5) is 0. The van der Waals surface area contributed by atoms with Gasteiger partial charge in [-0.1, -0.05) is 56.1 Å². The second-order valence-electron chi connectivity index (χ2n) is 3.70. The van der Waals surface area contributed by atoms with E-state index in [1.165, 1.54) is 5.56 Å². The van der Waals surface area contributed by atoms with Crippen LogP contribution in [0.15, 0.2) is 53.0 Å². The highest BCUT2D eigenvalue weighted by atomic mass is 79.9. The van der Waals surface area contributed by atoms with Crippen LogP contribution in [0.1, 0.15) is 11.1 Å². The van der Waals surface area contributed by atoms with Gasteiger partial charge >= 0.3 is 0 Å². The van der Waals surface area contributed by atoms with Gasteiger partial charge in [0.1, 0.15) is 12.4 Å². The first-order valence-electron chi connectivity index (χ1n) is 5.30. The zero-order valence-corrected chi connectivity index (χ0v) is 12.4. The van der Waals surface area contributed by atoms with Gasteiger partial charge in [0.2, 0.25) is 0 Å². The Morgan fingerprint density at radius 3 is 2.41 bits per heavy atom. The van der Waals surface area contributed by atoms with E-state index in [-0.39, 0.29) is 0 Å². The van der Waals surface area contributed by atoms with E-state index in [0.29, 0.717) is 6.61 Å². The number of benzene rings is 2. The predicted octanol–water partition coefficient (Wildman–Crippen LogP) is 4.92. The normalized spacial score (nSPS) is 10.2. The first-order valence-corrected chi connectivity index (χ1v) is 7.21. The monoisotopic (exact) mass is 354 g/mol. The van der Waals surface area contributed by atoms with Gasteiger partial charge in [0.05, 0.1) is 0 Å². The largest absolute Gasteiger partial charge is 0.489 e. The summed E-state index contributed by atoms with van der Waals surface area (Å²) in [5, 5.41) is 0.850. The van der Waals surface area contributed by atoms with Crippen molar-refractivity contribution in [3.05, 3.63) is 64.1 Å². The molecule has 2 aromatic carbocycles. The molecule has 0 fully saturated rings. The molecule has 0 unspecified atom stereocenters. The minimum Gasteiger partial charge on any atom is -0.489 e. The lowest BCUT2D eigenvalue weighted by Crippen LogP contribution is -1.95. The van der Waals surface area contributed by atoms with Gasteiger partial charge < -0.3 is 4.74 Å². The Balaban J connectivity index is 1.99. The molecule has 88 valence electrons. The first-order chi connectivity index (χ1) is 8.28. The molecule has 17 heavy (non-hydrogen) atoms. The zero-order valence-electron chi connectivity index (χ0n) is 9.20. The van der Waals surface area contributed by atoms with Crippen molar-refractivity contribution in [1.29, 1.82) is 0 Å². The van der Waals surface area contributed by atoms with Gasteiger partial charge in [-0.15, -0.1) is 0 Å². The summed E-state index contributed by atoms with van der Waals surface area (Å²) in [6.45, 7) is 0.596. The predicted molar refractivity (Wildman–Crippen MR) is 77.5 cm³/mol. The van der Waals surface area contributed by atoms with Crippen molar-refractivity contribution in [1.82, 2.24) is 0 Å². The van der Waals surface area contributed by atoms with Crippen LogP contribution < -0.4 is 4.74 Å². The molecule has 0 aliphatic heterocycles. The molecular weight excluding hydrogens is 344 g/mol. The van der Waals surface area contributed by atoms with E-state index in [0.717, 1.165) is 21.1 Å². The quantitative estimate of drug-likeness (QED) is 0.707. The lowest BCUT2D eigenvalue weighted by molar-refractivity contribution is 0.306. The van der Waals surface area contributed by atoms with Gasteiger partial charge in [0, 0.05) is 9.80 Å². The summed E-state index contributed by atoms with van der Waals surface area (Å²) in [5.74, 6) is 0.907. The Bertz CT molecular complexity index is 480. The third-order valence-corrected chi connectivity index (χ3v) is 3.55. The van der Waals surface area contributed by atoms with E-state index < -0.39 is 0 Å². The smallest absolute Gasteiger partial charge is 0.120 e. The van der Waals surface area contributed by atoms with E-state index in [1.54, 1.807) is 0 Å². The summed E-state index contributed by atoms with van der Waals surface area (Å²) in [6, 6.07) is 16.3. The third kappa shape index (κ3) is 3.86. The van der Waals surface area contributed by atoms with E-state index >= 15 is 0 Å². The van der Waals surface area contributed by atoms with Gasteiger partial charge in [-0.2, -0.15) is 0 Å². The average molecular weight is 356 g/mol. The van der Waals surface area contributed by atoms with E-state index in [1.807, 2.05) is 30.3 Å². The number of alkyl halides is 1. The van der Waals surface area contributed by atoms with Crippen LogP contribution >= 0.6 is 31.9 Å². The standard InChI is InChI=1S/C14H12Br2O/c15-9-12-2-1-3-14(8-12)17-10-11-4-6-13(16)7-5-11/h1-8H,9-10H2. The van der Waals surface area contributed by atoms with E-state index in [9.17, 15) is 0 Å². The highest BCUT2D eigenvalue weighted by molar-refractivity contribution is 9.10. The topological polar surface area (TPSA) is 9.23 Å². The van der Waals surface area contributed by atoms with Crippen LogP contribution in [0, 0.1) is 0 Å². The second kappa shape index (κ2) is 6.22. The van der Waals surface area contributed by atoms with Gasteiger partial charge in [-0.3, -0.25) is 0 Å². The van der Waals surface area contributed by atoms with E-state index in [4.69, 9.17) is 4.74 Å². The minimum absolute atomic E-state index is 0.596. The van der Waals surface area contributed by atoms with Crippen LogP contribution in [0.2, 0.25) is 0 Å². The molecule has 0 radical (unpaired) electrons. The summed E-state index contributed by atoms with van der Waals surface area (Å²) < 4.78 is 6.82. The van der Waals surface area contributed by atoms with Crippen LogP contribution in [-0.4, -0.2) is 0 Å². The molecule has 0 spiro atoms. The van der Waals surface area contributed by atoms with Crippen molar-refractivity contribution in [3.8, 4) is 5.75 Å². The zero-order chi connectivity index (χ0) is 12.1. The molecule has 0 saturated heterocycles. The molecule has 0 aliphatic carbocycles. The van der Waals surface area contributed by atoms with Crippen molar-refractivity contribution in [2.45, 2.75) is 11.9 Å². The van der Waals surface area contributed by atoms with Crippen molar-refractivity contribution >= 4 is 31.9 Å². The Hall–Kier alpha value is -0.800. The summed E-state index contributed by atoms with van der Waals surface area (Å²) >= 11 is 6.85. The van der Waals surface area contributed by atoms with E-state index in [2.05, 4.69) is 50.1 Å². The van der Waals surface area contributed by atoms with Crippen LogP contribution in [0.25, 0.3) is 0 Å². The van der Waals surface area contributed by atoms with Gasteiger partial charge in [0.15, 0.2) is 0 Å². The average Bonchev–Trinajstić information content (AvgIpc) is 2.38. The maximum atomic E-state index is 5.74.